The van der Waals surface area contributed by atoms with E-state index in [-0.39, 0.29) is 0 Å². The van der Waals surface area contributed by atoms with Crippen LogP contribution in [0.3, 0.4) is 0 Å². The van der Waals surface area contributed by atoms with Crippen LogP contribution in [-0.2, 0) is 4.79 Å². The van der Waals surface area contributed by atoms with E-state index in [0.29, 0.717) is 16.2 Å². The molecule has 0 amide bonds. The van der Waals surface area contributed by atoms with Crippen LogP contribution in [0.1, 0.15) is 16.4 Å². The van der Waals surface area contributed by atoms with Crippen molar-refractivity contribution in [2.75, 3.05) is 0 Å². The maximum Gasteiger partial charge on any atom is 0.321 e. The number of hydrogen-bond donors (Lipinski definition) is 1. The highest BCUT2D eigenvalue weighted by Crippen LogP contribution is 2.41. The highest BCUT2D eigenvalue weighted by molar-refractivity contribution is 8.00. The molecule has 4 rings (SSSR count). The van der Waals surface area contributed by atoms with Gasteiger partial charge >= 0.3 is 5.97 Å². The molecule has 2 aromatic carbocycles. The van der Waals surface area contributed by atoms with Crippen molar-refractivity contribution in [3.05, 3.63) is 95.4 Å². The molecule has 30 heavy (non-hydrogen) atoms. The standard InChI is InChI=1S/C24H16N2O2S2/c25-15-19-18(16-8-3-1-4-9-16)14-20(21-12-7-13-29-21)26-23(19)30-22(24(27)28)17-10-5-2-6-11-17/h1-14,22H,(H,27,28)/t22-/m1/s1. The van der Waals surface area contributed by atoms with Gasteiger partial charge in [-0.15, -0.1) is 11.3 Å². The molecule has 0 spiro atoms. The number of pyridine rings is 1. The number of rotatable bonds is 6. The highest BCUT2D eigenvalue weighted by Gasteiger charge is 2.25. The van der Waals surface area contributed by atoms with Gasteiger partial charge in [0, 0.05) is 5.56 Å². The SMILES string of the molecule is N#Cc1c(-c2ccccc2)cc(-c2cccs2)nc1S[C@@H](C(=O)O)c1ccccc1. The third-order valence-corrected chi connectivity index (χ3v) is 6.63. The molecule has 0 unspecified atom stereocenters. The van der Waals surface area contributed by atoms with Crippen LogP contribution in [0.25, 0.3) is 21.7 Å². The van der Waals surface area contributed by atoms with Crippen molar-refractivity contribution in [1.29, 1.82) is 5.26 Å². The summed E-state index contributed by atoms with van der Waals surface area (Å²) in [5, 5.41) is 21.3. The van der Waals surface area contributed by atoms with Gasteiger partial charge in [-0.25, -0.2) is 4.98 Å². The number of thioether (sulfide) groups is 1. The van der Waals surface area contributed by atoms with E-state index in [0.717, 1.165) is 33.5 Å². The van der Waals surface area contributed by atoms with Crippen LogP contribution in [0.4, 0.5) is 0 Å². The largest absolute Gasteiger partial charge is 0.480 e. The molecule has 2 heterocycles. The summed E-state index contributed by atoms with van der Waals surface area (Å²) in [6, 6.07) is 26.7. The Morgan fingerprint density at radius 3 is 2.33 bits per heavy atom. The summed E-state index contributed by atoms with van der Waals surface area (Å²) in [7, 11) is 0. The normalized spacial score (nSPS) is 11.6. The third kappa shape index (κ3) is 4.13. The van der Waals surface area contributed by atoms with Crippen LogP contribution in [0.5, 0.6) is 0 Å². The molecule has 0 saturated heterocycles. The zero-order valence-corrected chi connectivity index (χ0v) is 17.4. The van der Waals surface area contributed by atoms with Crippen LogP contribution in [0, 0.1) is 11.3 Å². The minimum absolute atomic E-state index is 0.383. The fourth-order valence-electron chi connectivity index (χ4n) is 3.11. The molecule has 0 saturated carbocycles. The van der Waals surface area contributed by atoms with Gasteiger partial charge in [0.2, 0.25) is 0 Å². The van der Waals surface area contributed by atoms with Gasteiger partial charge in [-0.1, -0.05) is 78.5 Å². The van der Waals surface area contributed by atoms with E-state index in [9.17, 15) is 15.2 Å². The molecule has 4 nitrogen and oxygen atoms in total. The molecule has 0 bridgehead atoms. The van der Waals surface area contributed by atoms with Gasteiger partial charge in [0.15, 0.2) is 0 Å². The fourth-order valence-corrected chi connectivity index (χ4v) is 4.84. The summed E-state index contributed by atoms with van der Waals surface area (Å²) in [6.45, 7) is 0. The molecule has 1 atom stereocenters. The summed E-state index contributed by atoms with van der Waals surface area (Å²) < 4.78 is 0. The predicted octanol–water partition coefficient (Wildman–Crippen LogP) is 6.27. The van der Waals surface area contributed by atoms with E-state index < -0.39 is 11.2 Å². The second-order valence-corrected chi connectivity index (χ2v) is 8.48. The lowest BCUT2D eigenvalue weighted by molar-refractivity contribution is -0.136. The third-order valence-electron chi connectivity index (χ3n) is 4.51. The molecule has 0 radical (unpaired) electrons. The molecule has 0 aliphatic heterocycles. The Balaban J connectivity index is 1.89. The van der Waals surface area contributed by atoms with Gasteiger partial charge < -0.3 is 5.11 Å². The Labute approximate surface area is 182 Å². The van der Waals surface area contributed by atoms with Gasteiger partial charge in [0.05, 0.1) is 16.1 Å². The number of benzene rings is 2. The number of carboxylic acids is 1. The van der Waals surface area contributed by atoms with E-state index in [4.69, 9.17) is 4.98 Å². The molecular weight excluding hydrogens is 412 g/mol. The van der Waals surface area contributed by atoms with E-state index >= 15 is 0 Å². The predicted molar refractivity (Wildman–Crippen MR) is 120 cm³/mol. The first-order chi connectivity index (χ1) is 14.7. The van der Waals surface area contributed by atoms with Crippen LogP contribution >= 0.6 is 23.1 Å². The second kappa shape index (κ2) is 8.95. The van der Waals surface area contributed by atoms with Crippen LogP contribution in [0.2, 0.25) is 0 Å². The van der Waals surface area contributed by atoms with Crippen molar-refractivity contribution in [2.45, 2.75) is 10.3 Å². The number of carbonyl (C=O) groups is 1. The topological polar surface area (TPSA) is 74.0 Å². The molecule has 6 heteroatoms. The van der Waals surface area contributed by atoms with Gasteiger partial charge in [-0.2, -0.15) is 5.26 Å². The number of aromatic nitrogens is 1. The van der Waals surface area contributed by atoms with Gasteiger partial charge in [-0.3, -0.25) is 4.79 Å². The average Bonchev–Trinajstić information content (AvgIpc) is 3.33. The molecule has 0 fully saturated rings. The van der Waals surface area contributed by atoms with E-state index in [1.165, 1.54) is 0 Å². The molecular formula is C24H16N2O2S2. The number of carboxylic acid groups (broad SMARTS) is 1. The summed E-state index contributed by atoms with van der Waals surface area (Å²) in [5.41, 5.74) is 3.40. The second-order valence-electron chi connectivity index (χ2n) is 6.44. The minimum Gasteiger partial charge on any atom is -0.480 e. The van der Waals surface area contributed by atoms with E-state index in [1.54, 1.807) is 23.5 Å². The quantitative estimate of drug-likeness (QED) is 0.367. The maximum absolute atomic E-state index is 12.0. The van der Waals surface area contributed by atoms with E-state index in [2.05, 4.69) is 6.07 Å². The van der Waals surface area contributed by atoms with Crippen molar-refractivity contribution < 1.29 is 9.90 Å². The first-order valence-corrected chi connectivity index (χ1v) is 10.9. The smallest absolute Gasteiger partial charge is 0.321 e. The average molecular weight is 429 g/mol. The van der Waals surface area contributed by atoms with Crippen molar-refractivity contribution in [3.63, 3.8) is 0 Å². The van der Waals surface area contributed by atoms with Gasteiger partial charge in [0.1, 0.15) is 16.3 Å². The van der Waals surface area contributed by atoms with Gasteiger partial charge in [0.25, 0.3) is 0 Å². The van der Waals surface area contributed by atoms with Crippen LogP contribution < -0.4 is 0 Å². The minimum atomic E-state index is -0.973. The molecule has 1 N–H and O–H groups in total. The molecule has 146 valence electrons. The lowest BCUT2D eigenvalue weighted by atomic mass is 10.0. The molecule has 0 aliphatic carbocycles. The number of thiophene rings is 1. The number of aliphatic carboxylic acids is 1. The Bertz CT molecular complexity index is 1200. The monoisotopic (exact) mass is 428 g/mol. The highest BCUT2D eigenvalue weighted by atomic mass is 32.2. The van der Waals surface area contributed by atoms with Crippen molar-refractivity contribution in [1.82, 2.24) is 4.98 Å². The first kappa shape index (κ1) is 19.9. The number of nitriles is 1. The van der Waals surface area contributed by atoms with E-state index in [1.807, 2.05) is 72.1 Å². The number of hydrogen-bond acceptors (Lipinski definition) is 5. The van der Waals surface area contributed by atoms with Crippen molar-refractivity contribution in [3.8, 4) is 27.8 Å². The molecule has 4 aromatic rings. The molecule has 2 aromatic heterocycles. The summed E-state index contributed by atoms with van der Waals surface area (Å²) in [6.07, 6.45) is 0. The lowest BCUT2D eigenvalue weighted by Crippen LogP contribution is -2.09. The zero-order chi connectivity index (χ0) is 20.9. The fraction of sp³-hybridized carbons (Fsp3) is 0.0417. The summed E-state index contributed by atoms with van der Waals surface area (Å²) >= 11 is 2.65. The first-order valence-electron chi connectivity index (χ1n) is 9.16. The van der Waals surface area contributed by atoms with Gasteiger partial charge in [-0.05, 0) is 28.6 Å². The Kier molecular flexibility index (Phi) is 5.94. The summed E-state index contributed by atoms with van der Waals surface area (Å²) in [5.74, 6) is -0.973. The molecule has 0 aliphatic rings. The lowest BCUT2D eigenvalue weighted by Gasteiger charge is -2.16. The van der Waals surface area contributed by atoms with Crippen LogP contribution in [0.15, 0.2) is 89.3 Å². The zero-order valence-electron chi connectivity index (χ0n) is 15.7. The Morgan fingerprint density at radius 2 is 1.73 bits per heavy atom. The Hall–Kier alpha value is -3.40. The van der Waals surface area contributed by atoms with Crippen molar-refractivity contribution in [2.24, 2.45) is 0 Å². The van der Waals surface area contributed by atoms with Crippen LogP contribution in [-0.4, -0.2) is 16.1 Å². The summed E-state index contributed by atoms with van der Waals surface area (Å²) in [4.78, 5) is 17.7. The van der Waals surface area contributed by atoms with Crippen molar-refractivity contribution >= 4 is 29.1 Å². The number of nitrogens with zero attached hydrogens (tertiary/aromatic N) is 2. The Morgan fingerprint density at radius 1 is 1.03 bits per heavy atom. The maximum atomic E-state index is 12.0.